The molecule has 0 amide bonds. The summed E-state index contributed by atoms with van der Waals surface area (Å²) in [6.45, 7) is 0.262. The van der Waals surface area contributed by atoms with Gasteiger partial charge in [-0.3, -0.25) is 4.90 Å². The molecule has 0 saturated heterocycles. The number of fused-ring (bicyclic) bond motifs is 1. The molecule has 146 valence electrons. The van der Waals surface area contributed by atoms with Crippen molar-refractivity contribution in [2.75, 3.05) is 12.0 Å². The third kappa shape index (κ3) is 3.85. The van der Waals surface area contributed by atoms with E-state index in [1.807, 2.05) is 47.4 Å². The summed E-state index contributed by atoms with van der Waals surface area (Å²) in [5.41, 5.74) is 8.47. The van der Waals surface area contributed by atoms with Gasteiger partial charge in [-0.25, -0.2) is 9.97 Å². The molecule has 0 unspecified atom stereocenters. The van der Waals surface area contributed by atoms with Crippen LogP contribution in [0, 0.1) is 0 Å². The Morgan fingerprint density at radius 1 is 1.00 bits per heavy atom. The number of nitrogens with zero attached hydrogens (tertiary/aromatic N) is 3. The maximum absolute atomic E-state index is 6.44. The van der Waals surface area contributed by atoms with E-state index in [9.17, 15) is 0 Å². The molecule has 4 aromatic rings. The Morgan fingerprint density at radius 2 is 1.79 bits per heavy atom. The highest BCUT2D eigenvalue weighted by Crippen LogP contribution is 2.40. The fourth-order valence-corrected chi connectivity index (χ4v) is 3.84. The molecule has 5 nitrogen and oxygen atoms in total. The van der Waals surface area contributed by atoms with E-state index in [4.69, 9.17) is 33.7 Å². The molecule has 0 aliphatic heterocycles. The average molecular weight is 425 g/mol. The Hall–Kier alpha value is -2.86. The lowest BCUT2D eigenvalue weighted by Gasteiger charge is -2.27. The van der Waals surface area contributed by atoms with Crippen LogP contribution in [-0.4, -0.2) is 17.1 Å². The normalized spacial score (nSPS) is 10.9. The number of aromatic nitrogens is 2. The largest absolute Gasteiger partial charge is 0.497 e. The summed E-state index contributed by atoms with van der Waals surface area (Å²) in [6.07, 6.45) is 3.19. The molecule has 0 atom stereocenters. The number of benzene rings is 3. The van der Waals surface area contributed by atoms with Crippen LogP contribution in [0.5, 0.6) is 5.75 Å². The summed E-state index contributed by atoms with van der Waals surface area (Å²) in [7, 11) is 1.66. The van der Waals surface area contributed by atoms with Gasteiger partial charge in [0, 0.05) is 34.0 Å². The van der Waals surface area contributed by atoms with E-state index in [1.54, 1.807) is 19.4 Å². The van der Waals surface area contributed by atoms with E-state index >= 15 is 0 Å². The molecule has 1 aromatic heterocycles. The lowest BCUT2D eigenvalue weighted by Crippen LogP contribution is -2.15. The standard InChI is InChI=1S/C22H18Cl2N4O/c1-29-18-5-3-14-8-17(4-2-15(14)9-18)28(22-6-7-26-13-27-22)21-11-16(23)10-20(24)19(21)12-25/h2-11,13H,12,25H2,1H3. The predicted molar refractivity (Wildman–Crippen MR) is 119 cm³/mol. The quantitative estimate of drug-likeness (QED) is 0.433. The maximum Gasteiger partial charge on any atom is 0.140 e. The van der Waals surface area contributed by atoms with Crippen molar-refractivity contribution >= 4 is 51.2 Å². The first-order chi connectivity index (χ1) is 14.1. The summed E-state index contributed by atoms with van der Waals surface area (Å²) in [5.74, 6) is 1.49. The number of anilines is 3. The number of halogens is 2. The lowest BCUT2D eigenvalue weighted by molar-refractivity contribution is 0.415. The number of hydrogen-bond acceptors (Lipinski definition) is 5. The third-order valence-electron chi connectivity index (χ3n) is 4.67. The van der Waals surface area contributed by atoms with Gasteiger partial charge in [0.25, 0.3) is 0 Å². The second kappa shape index (κ2) is 8.25. The number of nitrogens with two attached hydrogens (primary N) is 1. The fraction of sp³-hybridized carbons (Fsp3) is 0.0909. The Morgan fingerprint density at radius 3 is 2.52 bits per heavy atom. The van der Waals surface area contributed by atoms with Gasteiger partial charge in [-0.2, -0.15) is 0 Å². The van der Waals surface area contributed by atoms with Crippen LogP contribution >= 0.6 is 23.2 Å². The van der Waals surface area contributed by atoms with Crippen LogP contribution in [0.4, 0.5) is 17.2 Å². The van der Waals surface area contributed by atoms with Crippen LogP contribution in [0.2, 0.25) is 10.0 Å². The minimum atomic E-state index is 0.262. The van der Waals surface area contributed by atoms with Crippen molar-refractivity contribution in [1.29, 1.82) is 0 Å². The summed E-state index contributed by atoms with van der Waals surface area (Å²) >= 11 is 12.8. The number of rotatable bonds is 5. The summed E-state index contributed by atoms with van der Waals surface area (Å²) in [4.78, 5) is 10.5. The van der Waals surface area contributed by atoms with Gasteiger partial charge in [0.2, 0.25) is 0 Å². The second-order valence-electron chi connectivity index (χ2n) is 6.39. The molecule has 0 spiro atoms. The molecule has 29 heavy (non-hydrogen) atoms. The molecular weight excluding hydrogens is 407 g/mol. The van der Waals surface area contributed by atoms with Crippen LogP contribution in [0.1, 0.15) is 5.56 Å². The van der Waals surface area contributed by atoms with Crippen molar-refractivity contribution in [1.82, 2.24) is 9.97 Å². The molecule has 0 aliphatic rings. The van der Waals surface area contributed by atoms with Gasteiger partial charge in [-0.05, 0) is 53.2 Å². The van der Waals surface area contributed by atoms with Crippen molar-refractivity contribution < 1.29 is 4.74 Å². The van der Waals surface area contributed by atoms with E-state index in [0.717, 1.165) is 33.5 Å². The van der Waals surface area contributed by atoms with E-state index < -0.39 is 0 Å². The molecule has 0 radical (unpaired) electrons. The molecule has 0 saturated carbocycles. The van der Waals surface area contributed by atoms with Crippen molar-refractivity contribution in [3.63, 3.8) is 0 Å². The molecule has 0 bridgehead atoms. The monoisotopic (exact) mass is 424 g/mol. The summed E-state index contributed by atoms with van der Waals surface area (Å²) in [5, 5.41) is 3.16. The zero-order valence-electron chi connectivity index (χ0n) is 15.6. The Kier molecular flexibility index (Phi) is 5.53. The van der Waals surface area contributed by atoms with E-state index in [2.05, 4.69) is 16.0 Å². The van der Waals surface area contributed by atoms with Crippen LogP contribution in [-0.2, 0) is 6.54 Å². The minimum Gasteiger partial charge on any atom is -0.497 e. The predicted octanol–water partition coefficient (Wildman–Crippen LogP) is 5.87. The van der Waals surface area contributed by atoms with Crippen LogP contribution in [0.3, 0.4) is 0 Å². The average Bonchev–Trinajstić information content (AvgIpc) is 2.74. The Labute approximate surface area is 178 Å². The molecule has 1 heterocycles. The Balaban J connectivity index is 1.95. The van der Waals surface area contributed by atoms with Crippen molar-refractivity contribution in [3.8, 4) is 5.75 Å². The maximum atomic E-state index is 6.44. The van der Waals surface area contributed by atoms with Gasteiger partial charge in [0.05, 0.1) is 12.8 Å². The van der Waals surface area contributed by atoms with Gasteiger partial charge in [-0.1, -0.05) is 35.3 Å². The lowest BCUT2D eigenvalue weighted by atomic mass is 10.1. The second-order valence-corrected chi connectivity index (χ2v) is 7.23. The minimum absolute atomic E-state index is 0.262. The number of ether oxygens (including phenoxy) is 1. The molecule has 3 aromatic carbocycles. The zero-order valence-corrected chi connectivity index (χ0v) is 17.2. The van der Waals surface area contributed by atoms with E-state index in [0.29, 0.717) is 15.9 Å². The first-order valence-corrected chi connectivity index (χ1v) is 9.68. The molecular formula is C22H18Cl2N4O. The highest BCUT2D eigenvalue weighted by Gasteiger charge is 2.19. The van der Waals surface area contributed by atoms with Crippen LogP contribution < -0.4 is 15.4 Å². The fourth-order valence-electron chi connectivity index (χ4n) is 3.28. The molecule has 7 heteroatoms. The third-order valence-corrected chi connectivity index (χ3v) is 5.22. The van der Waals surface area contributed by atoms with E-state index in [-0.39, 0.29) is 6.54 Å². The number of hydrogen-bond donors (Lipinski definition) is 1. The smallest absolute Gasteiger partial charge is 0.140 e. The van der Waals surface area contributed by atoms with Gasteiger partial charge in [0.15, 0.2) is 0 Å². The van der Waals surface area contributed by atoms with Crippen LogP contribution in [0.15, 0.2) is 67.1 Å². The zero-order chi connectivity index (χ0) is 20.4. The van der Waals surface area contributed by atoms with Crippen molar-refractivity contribution in [3.05, 3.63) is 82.7 Å². The van der Waals surface area contributed by atoms with Gasteiger partial charge in [0.1, 0.15) is 17.9 Å². The highest BCUT2D eigenvalue weighted by molar-refractivity contribution is 6.35. The molecule has 2 N–H and O–H groups in total. The highest BCUT2D eigenvalue weighted by atomic mass is 35.5. The first kappa shape index (κ1) is 19.5. The SMILES string of the molecule is COc1ccc2cc(N(c3ccncn3)c3cc(Cl)cc(Cl)c3CN)ccc2c1. The first-order valence-electron chi connectivity index (χ1n) is 8.92. The molecule has 0 aliphatic carbocycles. The topological polar surface area (TPSA) is 64.3 Å². The molecule has 4 rings (SSSR count). The van der Waals surface area contributed by atoms with E-state index in [1.165, 1.54) is 6.33 Å². The van der Waals surface area contributed by atoms with Crippen molar-refractivity contribution in [2.24, 2.45) is 5.73 Å². The van der Waals surface area contributed by atoms with Gasteiger partial charge < -0.3 is 10.5 Å². The Bertz CT molecular complexity index is 1170. The van der Waals surface area contributed by atoms with Gasteiger partial charge >= 0.3 is 0 Å². The molecule has 0 fully saturated rings. The number of methoxy groups -OCH3 is 1. The summed E-state index contributed by atoms with van der Waals surface area (Å²) < 4.78 is 5.32. The van der Waals surface area contributed by atoms with Crippen LogP contribution in [0.25, 0.3) is 10.8 Å². The van der Waals surface area contributed by atoms with Crippen molar-refractivity contribution in [2.45, 2.75) is 6.54 Å². The summed E-state index contributed by atoms with van der Waals surface area (Å²) in [6, 6.07) is 17.4. The van der Waals surface area contributed by atoms with Gasteiger partial charge in [-0.15, -0.1) is 0 Å².